The first-order valence-corrected chi connectivity index (χ1v) is 5.26. The quantitative estimate of drug-likeness (QED) is 0.777. The lowest BCUT2D eigenvalue weighted by Gasteiger charge is -2.06. The van der Waals surface area contributed by atoms with Crippen LogP contribution in [0.1, 0.15) is 28.9 Å². The minimum Gasteiger partial charge on any atom is -0.309 e. The van der Waals surface area contributed by atoms with Crippen molar-refractivity contribution >= 4 is 28.3 Å². The van der Waals surface area contributed by atoms with Gasteiger partial charge in [0.25, 0.3) is 0 Å². The molecule has 0 amide bonds. The van der Waals surface area contributed by atoms with E-state index in [4.69, 9.17) is 0 Å². The van der Waals surface area contributed by atoms with Crippen molar-refractivity contribution in [1.82, 2.24) is 10.3 Å². The maximum absolute atomic E-state index is 4.52. The van der Waals surface area contributed by atoms with E-state index in [1.165, 1.54) is 22.0 Å². The van der Waals surface area contributed by atoms with E-state index in [1.54, 1.807) is 0 Å². The number of aryl methyl sites for hydroxylation is 2. The fourth-order valence-electron chi connectivity index (χ4n) is 1.57. The molecule has 0 fully saturated rings. The van der Waals surface area contributed by atoms with Crippen LogP contribution in [0.25, 0.3) is 0 Å². The molecular formula is C9H15BrN2S. The van der Waals surface area contributed by atoms with Crippen LogP contribution < -0.4 is 5.32 Å². The predicted molar refractivity (Wildman–Crippen MR) is 61.8 cm³/mol. The number of nitrogens with zero attached hydrogens (tertiary/aromatic N) is 1. The Bertz CT molecular complexity index is 260. The number of halogens is 1. The number of aromatic nitrogens is 1. The molecule has 1 aromatic rings. The van der Waals surface area contributed by atoms with Gasteiger partial charge in [-0.1, -0.05) is 0 Å². The third-order valence-electron chi connectivity index (χ3n) is 2.31. The molecule has 2 heterocycles. The fraction of sp³-hybridized carbons (Fsp3) is 0.667. The number of nitrogens with one attached hydrogen (secondary N) is 1. The highest BCUT2D eigenvalue weighted by atomic mass is 79.9. The van der Waals surface area contributed by atoms with Gasteiger partial charge in [0.15, 0.2) is 0 Å². The summed E-state index contributed by atoms with van der Waals surface area (Å²) in [6, 6.07) is 0.645. The number of rotatable bonds is 0. The molecule has 0 radical (unpaired) electrons. The van der Waals surface area contributed by atoms with Crippen molar-refractivity contribution in [2.45, 2.75) is 39.3 Å². The van der Waals surface area contributed by atoms with Gasteiger partial charge in [0.1, 0.15) is 0 Å². The molecule has 1 aliphatic heterocycles. The first-order chi connectivity index (χ1) is 5.75. The molecule has 1 unspecified atom stereocenters. The Morgan fingerprint density at radius 3 is 3.08 bits per heavy atom. The van der Waals surface area contributed by atoms with Crippen molar-refractivity contribution in [3.8, 4) is 0 Å². The molecule has 0 aromatic carbocycles. The number of thiazole rings is 1. The lowest BCUT2D eigenvalue weighted by Crippen LogP contribution is -2.23. The second-order valence-corrected chi connectivity index (χ2v) is 4.71. The third-order valence-corrected chi connectivity index (χ3v) is 3.32. The van der Waals surface area contributed by atoms with Gasteiger partial charge in [0, 0.05) is 17.5 Å². The molecular weight excluding hydrogens is 248 g/mol. The third kappa shape index (κ3) is 2.51. The number of hydrogen-bond acceptors (Lipinski definition) is 3. The van der Waals surface area contributed by atoms with E-state index >= 15 is 0 Å². The summed E-state index contributed by atoms with van der Waals surface area (Å²) in [5, 5.41) is 4.69. The van der Waals surface area contributed by atoms with E-state index in [1.807, 2.05) is 11.3 Å². The Kier molecular flexibility index (Phi) is 3.88. The smallest absolute Gasteiger partial charge is 0.0900 e. The molecule has 4 heteroatoms. The van der Waals surface area contributed by atoms with E-state index < -0.39 is 0 Å². The van der Waals surface area contributed by atoms with Crippen molar-refractivity contribution in [1.29, 1.82) is 0 Å². The summed E-state index contributed by atoms with van der Waals surface area (Å²) in [5.41, 5.74) is 1.33. The summed E-state index contributed by atoms with van der Waals surface area (Å²) in [6.45, 7) is 5.34. The van der Waals surface area contributed by atoms with Gasteiger partial charge in [-0.05, 0) is 26.7 Å². The van der Waals surface area contributed by atoms with Crippen molar-refractivity contribution in [2.24, 2.45) is 0 Å². The van der Waals surface area contributed by atoms with E-state index in [0.717, 1.165) is 13.0 Å². The summed E-state index contributed by atoms with van der Waals surface area (Å²) in [7, 11) is 0. The standard InChI is InChI=1S/C9H14N2S.BrH/c1-6-3-4-8-9(5-10-6)12-7(2)11-8;/h6,10H,3-5H2,1-2H3;1H. The lowest BCUT2D eigenvalue weighted by molar-refractivity contribution is 0.534. The van der Waals surface area contributed by atoms with Gasteiger partial charge in [-0.15, -0.1) is 28.3 Å². The van der Waals surface area contributed by atoms with Gasteiger partial charge in [0.2, 0.25) is 0 Å². The summed E-state index contributed by atoms with van der Waals surface area (Å²) >= 11 is 1.83. The Morgan fingerprint density at radius 2 is 2.31 bits per heavy atom. The monoisotopic (exact) mass is 262 g/mol. The van der Waals surface area contributed by atoms with Crippen LogP contribution in [0.2, 0.25) is 0 Å². The molecule has 13 heavy (non-hydrogen) atoms. The zero-order chi connectivity index (χ0) is 8.55. The van der Waals surface area contributed by atoms with Gasteiger partial charge >= 0.3 is 0 Å². The highest BCUT2D eigenvalue weighted by Crippen LogP contribution is 2.22. The zero-order valence-electron chi connectivity index (χ0n) is 7.96. The highest BCUT2D eigenvalue weighted by Gasteiger charge is 2.14. The molecule has 0 aliphatic carbocycles. The molecule has 1 atom stereocenters. The average molecular weight is 263 g/mol. The van der Waals surface area contributed by atoms with Crippen molar-refractivity contribution in [3.05, 3.63) is 15.6 Å². The molecule has 2 nitrogen and oxygen atoms in total. The zero-order valence-corrected chi connectivity index (χ0v) is 10.5. The molecule has 0 saturated heterocycles. The first kappa shape index (κ1) is 11.1. The van der Waals surface area contributed by atoms with Crippen LogP contribution in [0.4, 0.5) is 0 Å². The van der Waals surface area contributed by atoms with E-state index in [-0.39, 0.29) is 17.0 Å². The largest absolute Gasteiger partial charge is 0.309 e. The van der Waals surface area contributed by atoms with Crippen LogP contribution >= 0.6 is 28.3 Å². The SMILES string of the molecule is Br.Cc1nc2c(s1)CNC(C)CC2. The number of fused-ring (bicyclic) bond motifs is 1. The Morgan fingerprint density at radius 1 is 1.54 bits per heavy atom. The highest BCUT2D eigenvalue weighted by molar-refractivity contribution is 8.93. The Hall–Kier alpha value is 0.0700. The number of hydrogen-bond donors (Lipinski definition) is 1. The van der Waals surface area contributed by atoms with Gasteiger partial charge in [0.05, 0.1) is 10.7 Å². The van der Waals surface area contributed by atoms with Gasteiger partial charge < -0.3 is 5.32 Å². The van der Waals surface area contributed by atoms with Gasteiger partial charge in [-0.2, -0.15) is 0 Å². The summed E-state index contributed by atoms with van der Waals surface area (Å²) in [6.07, 6.45) is 2.37. The first-order valence-electron chi connectivity index (χ1n) is 4.44. The Balaban J connectivity index is 0.000000845. The maximum atomic E-state index is 4.52. The van der Waals surface area contributed by atoms with Gasteiger partial charge in [-0.25, -0.2) is 4.98 Å². The molecule has 0 saturated carbocycles. The minimum atomic E-state index is 0. The molecule has 2 rings (SSSR count). The maximum Gasteiger partial charge on any atom is 0.0900 e. The minimum absolute atomic E-state index is 0. The fourth-order valence-corrected chi connectivity index (χ4v) is 2.50. The van der Waals surface area contributed by atoms with Crippen LogP contribution in [0.3, 0.4) is 0 Å². The topological polar surface area (TPSA) is 24.9 Å². The van der Waals surface area contributed by atoms with E-state index in [9.17, 15) is 0 Å². The molecule has 1 aliphatic rings. The molecule has 0 bridgehead atoms. The second-order valence-electron chi connectivity index (χ2n) is 3.42. The Labute approximate surface area is 93.5 Å². The van der Waals surface area contributed by atoms with E-state index in [2.05, 4.69) is 24.1 Å². The summed E-state index contributed by atoms with van der Waals surface area (Å²) < 4.78 is 0. The second kappa shape index (κ2) is 4.53. The van der Waals surface area contributed by atoms with Crippen molar-refractivity contribution in [2.75, 3.05) is 0 Å². The van der Waals surface area contributed by atoms with Crippen LogP contribution in [0, 0.1) is 6.92 Å². The van der Waals surface area contributed by atoms with Crippen LogP contribution in [0.5, 0.6) is 0 Å². The summed E-state index contributed by atoms with van der Waals surface area (Å²) in [4.78, 5) is 5.97. The molecule has 0 spiro atoms. The van der Waals surface area contributed by atoms with Crippen LogP contribution in [-0.4, -0.2) is 11.0 Å². The lowest BCUT2D eigenvalue weighted by atomic mass is 10.2. The molecule has 1 N–H and O–H groups in total. The molecule has 1 aromatic heterocycles. The normalized spacial score (nSPS) is 21.5. The predicted octanol–water partition coefficient (Wildman–Crippen LogP) is 2.45. The van der Waals surface area contributed by atoms with Crippen LogP contribution in [0.15, 0.2) is 0 Å². The van der Waals surface area contributed by atoms with Crippen LogP contribution in [-0.2, 0) is 13.0 Å². The molecule has 74 valence electrons. The summed E-state index contributed by atoms with van der Waals surface area (Å²) in [5.74, 6) is 0. The van der Waals surface area contributed by atoms with Crippen molar-refractivity contribution < 1.29 is 0 Å². The van der Waals surface area contributed by atoms with Gasteiger partial charge in [-0.3, -0.25) is 0 Å². The van der Waals surface area contributed by atoms with E-state index in [0.29, 0.717) is 6.04 Å². The van der Waals surface area contributed by atoms with Crippen molar-refractivity contribution in [3.63, 3.8) is 0 Å². The average Bonchev–Trinajstić information content (AvgIpc) is 2.31.